The van der Waals surface area contributed by atoms with Crippen molar-refractivity contribution < 1.29 is 9.90 Å². The minimum absolute atomic E-state index is 0.111. The van der Waals surface area contributed by atoms with Crippen LogP contribution in [-0.4, -0.2) is 60.1 Å². The van der Waals surface area contributed by atoms with E-state index in [1.54, 1.807) is 0 Å². The SMILES string of the molecule is CCN(CC)CCN1C[C@@H](C(=O)O)[C@H](c2ccccc2)C1. The van der Waals surface area contributed by atoms with Gasteiger partial charge in [-0.25, -0.2) is 0 Å². The molecule has 1 aromatic carbocycles. The van der Waals surface area contributed by atoms with Crippen LogP contribution in [0.5, 0.6) is 0 Å². The predicted molar refractivity (Wildman–Crippen MR) is 84.5 cm³/mol. The fourth-order valence-electron chi connectivity index (χ4n) is 3.18. The van der Waals surface area contributed by atoms with Crippen molar-refractivity contribution in [2.45, 2.75) is 19.8 Å². The lowest BCUT2D eigenvalue weighted by Crippen LogP contribution is -2.34. The Labute approximate surface area is 127 Å². The number of likely N-dealkylation sites (N-methyl/N-ethyl adjacent to an activating group) is 1. The number of carbonyl (C=O) groups is 1. The molecule has 0 aromatic heterocycles. The van der Waals surface area contributed by atoms with Crippen LogP contribution in [-0.2, 0) is 4.79 Å². The molecule has 0 radical (unpaired) electrons. The molecule has 2 atom stereocenters. The summed E-state index contributed by atoms with van der Waals surface area (Å²) in [6, 6.07) is 10.1. The Morgan fingerprint density at radius 3 is 2.48 bits per heavy atom. The van der Waals surface area contributed by atoms with Gasteiger partial charge in [-0.05, 0) is 18.7 Å². The zero-order valence-corrected chi connectivity index (χ0v) is 13.0. The van der Waals surface area contributed by atoms with Crippen molar-refractivity contribution in [3.05, 3.63) is 35.9 Å². The number of hydrogen-bond acceptors (Lipinski definition) is 3. The van der Waals surface area contributed by atoms with Crippen molar-refractivity contribution in [3.63, 3.8) is 0 Å². The number of benzene rings is 1. The lowest BCUT2D eigenvalue weighted by atomic mass is 9.89. The molecule has 1 saturated heterocycles. The Morgan fingerprint density at radius 2 is 1.90 bits per heavy atom. The molecule has 0 spiro atoms. The van der Waals surface area contributed by atoms with Gasteiger partial charge in [0.05, 0.1) is 5.92 Å². The third kappa shape index (κ3) is 4.05. The standard InChI is InChI=1S/C17H26N2O2/c1-3-18(4-2)10-11-19-12-15(16(13-19)17(20)21)14-8-6-5-7-9-14/h5-9,15-16H,3-4,10-13H2,1-2H3,(H,20,21)/t15-,16+/m0/s1. The molecule has 1 fully saturated rings. The molecule has 1 aliphatic rings. The Hall–Kier alpha value is -1.39. The molecule has 2 rings (SSSR count). The van der Waals surface area contributed by atoms with Gasteiger partial charge in [0.1, 0.15) is 0 Å². The summed E-state index contributed by atoms with van der Waals surface area (Å²) in [6.07, 6.45) is 0. The van der Waals surface area contributed by atoms with Crippen LogP contribution in [0.3, 0.4) is 0 Å². The maximum Gasteiger partial charge on any atom is 0.308 e. The van der Waals surface area contributed by atoms with Crippen molar-refractivity contribution in [1.82, 2.24) is 9.80 Å². The highest BCUT2D eigenvalue weighted by Crippen LogP contribution is 2.32. The van der Waals surface area contributed by atoms with E-state index < -0.39 is 5.97 Å². The molecule has 0 saturated carbocycles. The first kappa shape index (κ1) is 16.0. The minimum atomic E-state index is -0.672. The predicted octanol–water partition coefficient (Wildman–Crippen LogP) is 2.13. The van der Waals surface area contributed by atoms with Crippen LogP contribution >= 0.6 is 0 Å². The van der Waals surface area contributed by atoms with Gasteiger partial charge in [0.2, 0.25) is 0 Å². The van der Waals surface area contributed by atoms with E-state index in [1.165, 1.54) is 0 Å². The molecule has 1 aliphatic heterocycles. The van der Waals surface area contributed by atoms with Crippen LogP contribution in [0.2, 0.25) is 0 Å². The van der Waals surface area contributed by atoms with E-state index >= 15 is 0 Å². The van der Waals surface area contributed by atoms with Crippen LogP contribution in [0.1, 0.15) is 25.3 Å². The zero-order chi connectivity index (χ0) is 15.2. The van der Waals surface area contributed by atoms with Gasteiger partial charge < -0.3 is 14.9 Å². The van der Waals surface area contributed by atoms with E-state index in [2.05, 4.69) is 35.8 Å². The topological polar surface area (TPSA) is 43.8 Å². The second-order valence-corrected chi connectivity index (χ2v) is 5.75. The van der Waals surface area contributed by atoms with Crippen LogP contribution in [0, 0.1) is 5.92 Å². The second kappa shape index (κ2) is 7.57. The third-order valence-electron chi connectivity index (χ3n) is 4.57. The summed E-state index contributed by atoms with van der Waals surface area (Å²) in [5.74, 6) is -0.848. The van der Waals surface area contributed by atoms with Gasteiger partial charge in [-0.3, -0.25) is 4.79 Å². The Kier molecular flexibility index (Phi) is 5.76. The average molecular weight is 290 g/mol. The molecule has 116 valence electrons. The van der Waals surface area contributed by atoms with E-state index in [4.69, 9.17) is 0 Å². The second-order valence-electron chi connectivity index (χ2n) is 5.75. The molecule has 1 N–H and O–H groups in total. The summed E-state index contributed by atoms with van der Waals surface area (Å²) >= 11 is 0. The monoisotopic (exact) mass is 290 g/mol. The molecule has 0 aliphatic carbocycles. The maximum absolute atomic E-state index is 11.5. The highest BCUT2D eigenvalue weighted by atomic mass is 16.4. The number of carboxylic acid groups (broad SMARTS) is 1. The van der Waals surface area contributed by atoms with Crippen molar-refractivity contribution in [1.29, 1.82) is 0 Å². The number of hydrogen-bond donors (Lipinski definition) is 1. The highest BCUT2D eigenvalue weighted by molar-refractivity contribution is 5.72. The van der Waals surface area contributed by atoms with Crippen molar-refractivity contribution >= 4 is 5.97 Å². The Bertz CT molecular complexity index is 445. The first-order valence-electron chi connectivity index (χ1n) is 7.88. The molecule has 1 aromatic rings. The van der Waals surface area contributed by atoms with Crippen molar-refractivity contribution in [3.8, 4) is 0 Å². The fourth-order valence-corrected chi connectivity index (χ4v) is 3.18. The van der Waals surface area contributed by atoms with Crippen molar-refractivity contribution in [2.24, 2.45) is 5.92 Å². The van der Waals surface area contributed by atoms with Gasteiger partial charge in [-0.2, -0.15) is 0 Å². The number of carboxylic acids is 1. The molecule has 0 unspecified atom stereocenters. The summed E-state index contributed by atoms with van der Waals surface area (Å²) in [5.41, 5.74) is 1.15. The average Bonchev–Trinajstić information content (AvgIpc) is 2.94. The lowest BCUT2D eigenvalue weighted by Gasteiger charge is -2.22. The molecule has 4 heteroatoms. The quantitative estimate of drug-likeness (QED) is 0.835. The van der Waals surface area contributed by atoms with Crippen LogP contribution < -0.4 is 0 Å². The van der Waals surface area contributed by atoms with Gasteiger partial charge in [-0.15, -0.1) is 0 Å². The maximum atomic E-state index is 11.5. The smallest absolute Gasteiger partial charge is 0.308 e. The molecule has 1 heterocycles. The van der Waals surface area contributed by atoms with Crippen molar-refractivity contribution in [2.75, 3.05) is 39.3 Å². The number of aliphatic carboxylic acids is 1. The minimum Gasteiger partial charge on any atom is -0.481 e. The molecular weight excluding hydrogens is 264 g/mol. The van der Waals surface area contributed by atoms with Gasteiger partial charge in [0, 0.05) is 32.1 Å². The van der Waals surface area contributed by atoms with E-state index in [9.17, 15) is 9.90 Å². The highest BCUT2D eigenvalue weighted by Gasteiger charge is 2.38. The van der Waals surface area contributed by atoms with E-state index in [1.807, 2.05) is 18.2 Å². The van der Waals surface area contributed by atoms with Crippen LogP contribution in [0.15, 0.2) is 30.3 Å². The van der Waals surface area contributed by atoms with Gasteiger partial charge in [0.15, 0.2) is 0 Å². The van der Waals surface area contributed by atoms with E-state index in [0.717, 1.165) is 38.3 Å². The summed E-state index contributed by atoms with van der Waals surface area (Å²) in [5, 5.41) is 9.50. The number of likely N-dealkylation sites (tertiary alicyclic amines) is 1. The van der Waals surface area contributed by atoms with Gasteiger partial charge >= 0.3 is 5.97 Å². The summed E-state index contributed by atoms with van der Waals surface area (Å²) in [6.45, 7) is 9.91. The zero-order valence-electron chi connectivity index (χ0n) is 13.0. The van der Waals surface area contributed by atoms with E-state index in [-0.39, 0.29) is 11.8 Å². The number of nitrogens with zero attached hydrogens (tertiary/aromatic N) is 2. The fraction of sp³-hybridized carbons (Fsp3) is 0.588. The van der Waals surface area contributed by atoms with Gasteiger partial charge in [-0.1, -0.05) is 44.2 Å². The Balaban J connectivity index is 2.00. The molecule has 0 bridgehead atoms. The largest absolute Gasteiger partial charge is 0.481 e. The summed E-state index contributed by atoms with van der Waals surface area (Å²) in [7, 11) is 0. The molecule has 0 amide bonds. The normalized spacial score (nSPS) is 22.8. The summed E-state index contributed by atoms with van der Waals surface area (Å²) < 4.78 is 0. The summed E-state index contributed by atoms with van der Waals surface area (Å²) in [4.78, 5) is 16.2. The molecular formula is C17H26N2O2. The van der Waals surface area contributed by atoms with E-state index in [0.29, 0.717) is 6.54 Å². The number of rotatable bonds is 7. The first-order valence-corrected chi connectivity index (χ1v) is 7.88. The third-order valence-corrected chi connectivity index (χ3v) is 4.57. The molecule has 21 heavy (non-hydrogen) atoms. The lowest BCUT2D eigenvalue weighted by molar-refractivity contribution is -0.141. The first-order chi connectivity index (χ1) is 10.2. The molecule has 4 nitrogen and oxygen atoms in total. The van der Waals surface area contributed by atoms with Crippen LogP contribution in [0.25, 0.3) is 0 Å². The Morgan fingerprint density at radius 1 is 1.24 bits per heavy atom. The van der Waals surface area contributed by atoms with Gasteiger partial charge in [0.25, 0.3) is 0 Å². The van der Waals surface area contributed by atoms with Crippen LogP contribution in [0.4, 0.5) is 0 Å².